The van der Waals surface area contributed by atoms with Crippen LogP contribution < -0.4 is 27.8 Å². The predicted molar refractivity (Wildman–Crippen MR) is 75.5 cm³/mol. The Kier molecular flexibility index (Phi) is 9.52. The second-order valence-corrected chi connectivity index (χ2v) is 4.60. The van der Waals surface area contributed by atoms with E-state index < -0.39 is 23.8 Å². The van der Waals surface area contributed by atoms with E-state index in [2.05, 4.69) is 10.6 Å². The number of nitrogens with two attached hydrogens (primary N) is 3. The van der Waals surface area contributed by atoms with Crippen LogP contribution in [0.15, 0.2) is 0 Å². The molecule has 4 amide bonds. The fourth-order valence-electron chi connectivity index (χ4n) is 1.43. The number of primary amides is 2. The van der Waals surface area contributed by atoms with Gasteiger partial charge in [-0.25, -0.2) is 0 Å². The minimum Gasteiger partial charge on any atom is -0.370 e. The smallest absolute Gasteiger partial charge is 0.239 e. The van der Waals surface area contributed by atoms with Crippen LogP contribution in [-0.2, 0) is 19.2 Å². The summed E-state index contributed by atoms with van der Waals surface area (Å²) in [6, 6.07) is -0.662. The molecule has 8 N–H and O–H groups in total. The van der Waals surface area contributed by atoms with E-state index in [0.29, 0.717) is 25.8 Å². The van der Waals surface area contributed by atoms with Crippen LogP contribution in [0.25, 0.3) is 0 Å². The molecule has 0 spiro atoms. The van der Waals surface area contributed by atoms with Gasteiger partial charge in [0.25, 0.3) is 0 Å². The molecule has 9 heteroatoms. The van der Waals surface area contributed by atoms with Gasteiger partial charge in [0, 0.05) is 19.4 Å². The summed E-state index contributed by atoms with van der Waals surface area (Å²) in [6.07, 6.45) is 1.70. The third kappa shape index (κ3) is 11.4. The number of amides is 4. The first-order valence-corrected chi connectivity index (χ1v) is 6.69. The fourth-order valence-corrected chi connectivity index (χ4v) is 1.43. The van der Waals surface area contributed by atoms with E-state index in [1.165, 1.54) is 0 Å². The molecule has 21 heavy (non-hydrogen) atoms. The van der Waals surface area contributed by atoms with Gasteiger partial charge >= 0.3 is 0 Å². The van der Waals surface area contributed by atoms with Crippen molar-refractivity contribution >= 4 is 23.6 Å². The maximum absolute atomic E-state index is 11.4. The van der Waals surface area contributed by atoms with Gasteiger partial charge in [0.1, 0.15) is 0 Å². The molecule has 0 rings (SSSR count). The second kappa shape index (κ2) is 10.6. The Morgan fingerprint density at radius 1 is 0.905 bits per heavy atom. The monoisotopic (exact) mass is 301 g/mol. The maximum Gasteiger partial charge on any atom is 0.239 e. The van der Waals surface area contributed by atoms with Gasteiger partial charge < -0.3 is 27.8 Å². The average Bonchev–Trinajstić information content (AvgIpc) is 2.41. The van der Waals surface area contributed by atoms with Crippen molar-refractivity contribution in [1.82, 2.24) is 10.6 Å². The topological polar surface area (TPSA) is 170 Å². The highest BCUT2D eigenvalue weighted by Gasteiger charge is 2.09. The van der Waals surface area contributed by atoms with E-state index in [1.54, 1.807) is 0 Å². The second-order valence-electron chi connectivity index (χ2n) is 4.60. The Labute approximate surface area is 123 Å². The van der Waals surface area contributed by atoms with E-state index in [4.69, 9.17) is 17.2 Å². The van der Waals surface area contributed by atoms with Crippen molar-refractivity contribution in [3.8, 4) is 0 Å². The number of carbonyl (C=O) groups is 4. The van der Waals surface area contributed by atoms with Crippen molar-refractivity contribution in [3.63, 3.8) is 0 Å². The van der Waals surface area contributed by atoms with Crippen LogP contribution in [0.3, 0.4) is 0 Å². The number of nitrogens with one attached hydrogen (secondary N) is 2. The van der Waals surface area contributed by atoms with Crippen LogP contribution in [0.4, 0.5) is 0 Å². The van der Waals surface area contributed by atoms with Gasteiger partial charge in [-0.2, -0.15) is 0 Å². The number of carbonyl (C=O) groups excluding carboxylic acids is 4. The van der Waals surface area contributed by atoms with Gasteiger partial charge in [-0.1, -0.05) is 0 Å². The highest BCUT2D eigenvalue weighted by atomic mass is 16.2. The standard InChI is InChI=1S/C12H23N5O4/c13-8(12(15)21)3-1-2-6-16-11(20)7-17-10(19)5-4-9(14)18/h8H,1-7,13H2,(H2,14,18)(H2,15,21)(H,16,20)(H,17,19). The summed E-state index contributed by atoms with van der Waals surface area (Å²) in [7, 11) is 0. The number of unbranched alkanes of at least 4 members (excludes halogenated alkanes) is 1. The average molecular weight is 301 g/mol. The minimum atomic E-state index is -0.662. The van der Waals surface area contributed by atoms with Crippen LogP contribution in [-0.4, -0.2) is 42.8 Å². The molecule has 0 fully saturated rings. The largest absolute Gasteiger partial charge is 0.370 e. The first-order chi connectivity index (χ1) is 9.82. The molecule has 0 aliphatic rings. The molecule has 0 aromatic rings. The van der Waals surface area contributed by atoms with Gasteiger partial charge in [0.2, 0.25) is 23.6 Å². The normalized spacial score (nSPS) is 11.5. The van der Waals surface area contributed by atoms with Gasteiger partial charge in [-0.05, 0) is 19.3 Å². The molecule has 0 aliphatic heterocycles. The summed E-state index contributed by atoms with van der Waals surface area (Å²) < 4.78 is 0. The molecular weight excluding hydrogens is 278 g/mol. The molecule has 0 aliphatic carbocycles. The summed E-state index contributed by atoms with van der Waals surface area (Å²) in [5, 5.41) is 4.98. The fraction of sp³-hybridized carbons (Fsp3) is 0.667. The molecule has 0 saturated carbocycles. The lowest BCUT2D eigenvalue weighted by atomic mass is 10.1. The molecule has 1 unspecified atom stereocenters. The third-order valence-electron chi connectivity index (χ3n) is 2.67. The SMILES string of the molecule is NC(=O)CCC(=O)NCC(=O)NCCCCC(N)C(N)=O. The molecule has 0 bridgehead atoms. The Morgan fingerprint density at radius 3 is 2.14 bits per heavy atom. The quantitative estimate of drug-likeness (QED) is 0.264. The Balaban J connectivity index is 3.56. The molecular formula is C12H23N5O4. The van der Waals surface area contributed by atoms with Crippen LogP contribution in [0.1, 0.15) is 32.1 Å². The number of hydrogen-bond acceptors (Lipinski definition) is 5. The maximum atomic E-state index is 11.4. The van der Waals surface area contributed by atoms with Crippen molar-refractivity contribution in [1.29, 1.82) is 0 Å². The molecule has 0 aromatic carbocycles. The zero-order valence-electron chi connectivity index (χ0n) is 11.9. The first kappa shape index (κ1) is 18.8. The number of rotatable bonds is 11. The molecule has 0 saturated heterocycles. The molecule has 0 heterocycles. The van der Waals surface area contributed by atoms with Crippen molar-refractivity contribution < 1.29 is 19.2 Å². The highest BCUT2D eigenvalue weighted by molar-refractivity contribution is 5.86. The lowest BCUT2D eigenvalue weighted by Crippen LogP contribution is -2.38. The molecule has 120 valence electrons. The van der Waals surface area contributed by atoms with Crippen LogP contribution in [0.2, 0.25) is 0 Å². The van der Waals surface area contributed by atoms with Crippen LogP contribution in [0, 0.1) is 0 Å². The lowest BCUT2D eigenvalue weighted by Gasteiger charge is -2.08. The lowest BCUT2D eigenvalue weighted by molar-refractivity contribution is -0.127. The highest BCUT2D eigenvalue weighted by Crippen LogP contribution is 1.97. The third-order valence-corrected chi connectivity index (χ3v) is 2.67. The summed E-state index contributed by atoms with van der Waals surface area (Å²) in [5.41, 5.74) is 15.3. The molecule has 0 aromatic heterocycles. The van der Waals surface area contributed by atoms with E-state index in [0.717, 1.165) is 0 Å². The van der Waals surface area contributed by atoms with E-state index >= 15 is 0 Å². The van der Waals surface area contributed by atoms with Crippen LogP contribution >= 0.6 is 0 Å². The van der Waals surface area contributed by atoms with Crippen molar-refractivity contribution in [2.75, 3.05) is 13.1 Å². The van der Waals surface area contributed by atoms with Gasteiger partial charge in [-0.3, -0.25) is 19.2 Å². The zero-order chi connectivity index (χ0) is 16.3. The van der Waals surface area contributed by atoms with Gasteiger partial charge in [0.05, 0.1) is 12.6 Å². The summed E-state index contributed by atoms with van der Waals surface area (Å²) in [6.45, 7) is 0.264. The summed E-state index contributed by atoms with van der Waals surface area (Å²) in [5.74, 6) is -1.85. The van der Waals surface area contributed by atoms with Crippen molar-refractivity contribution in [3.05, 3.63) is 0 Å². The molecule has 9 nitrogen and oxygen atoms in total. The Morgan fingerprint density at radius 2 is 1.57 bits per heavy atom. The van der Waals surface area contributed by atoms with E-state index in [-0.39, 0.29) is 25.3 Å². The Bertz CT molecular complexity index is 386. The van der Waals surface area contributed by atoms with Gasteiger partial charge in [0.15, 0.2) is 0 Å². The van der Waals surface area contributed by atoms with E-state index in [9.17, 15) is 19.2 Å². The molecule has 0 radical (unpaired) electrons. The number of hydrogen-bond donors (Lipinski definition) is 5. The van der Waals surface area contributed by atoms with Crippen molar-refractivity contribution in [2.24, 2.45) is 17.2 Å². The summed E-state index contributed by atoms with van der Waals surface area (Å²) in [4.78, 5) is 43.7. The minimum absolute atomic E-state index is 0.0341. The van der Waals surface area contributed by atoms with Gasteiger partial charge in [-0.15, -0.1) is 0 Å². The van der Waals surface area contributed by atoms with Crippen LogP contribution in [0.5, 0.6) is 0 Å². The zero-order valence-corrected chi connectivity index (χ0v) is 11.9. The predicted octanol–water partition coefficient (Wildman–Crippen LogP) is -2.53. The first-order valence-electron chi connectivity index (χ1n) is 6.69. The Hall–Kier alpha value is -2.16. The van der Waals surface area contributed by atoms with Crippen molar-refractivity contribution in [2.45, 2.75) is 38.1 Å². The van der Waals surface area contributed by atoms with E-state index in [1.807, 2.05) is 0 Å². The molecule has 1 atom stereocenters. The summed E-state index contributed by atoms with van der Waals surface area (Å²) >= 11 is 0.